The number of rotatable bonds is 5. The monoisotopic (exact) mass is 333 g/mol. The van der Waals surface area contributed by atoms with E-state index in [9.17, 15) is 0 Å². The molecule has 0 radical (unpaired) electrons. The van der Waals surface area contributed by atoms with E-state index in [2.05, 4.69) is 28.8 Å². The average molecular weight is 334 g/mol. The molecule has 22 heavy (non-hydrogen) atoms. The van der Waals surface area contributed by atoms with E-state index in [0.717, 1.165) is 18.2 Å². The summed E-state index contributed by atoms with van der Waals surface area (Å²) in [5.41, 5.74) is 1.26. The molecule has 2 aliphatic rings. The van der Waals surface area contributed by atoms with Crippen LogP contribution < -0.4 is 5.32 Å². The minimum atomic E-state index is 0.111. The van der Waals surface area contributed by atoms with Gasteiger partial charge in [-0.05, 0) is 32.6 Å². The SMILES string of the molecule is Cc1csc(C2(NCc3cnc(C4CCC4)s3)CCCC2)n1. The van der Waals surface area contributed by atoms with Gasteiger partial charge in [0.25, 0.3) is 0 Å². The van der Waals surface area contributed by atoms with Crippen molar-refractivity contribution in [3.63, 3.8) is 0 Å². The van der Waals surface area contributed by atoms with Gasteiger partial charge < -0.3 is 5.32 Å². The van der Waals surface area contributed by atoms with Crippen molar-refractivity contribution in [1.82, 2.24) is 15.3 Å². The Kier molecular flexibility index (Phi) is 4.05. The van der Waals surface area contributed by atoms with Gasteiger partial charge in [0, 0.05) is 34.6 Å². The average Bonchev–Trinajstić information content (AvgIpc) is 3.15. The summed E-state index contributed by atoms with van der Waals surface area (Å²) in [6.45, 7) is 3.03. The topological polar surface area (TPSA) is 37.8 Å². The Bertz CT molecular complexity index is 636. The summed E-state index contributed by atoms with van der Waals surface area (Å²) in [6, 6.07) is 0. The fourth-order valence-electron chi connectivity index (χ4n) is 3.52. The highest BCUT2D eigenvalue weighted by molar-refractivity contribution is 7.11. The summed E-state index contributed by atoms with van der Waals surface area (Å²) in [7, 11) is 0. The van der Waals surface area contributed by atoms with Gasteiger partial charge in [-0.1, -0.05) is 19.3 Å². The van der Waals surface area contributed by atoms with Crippen molar-refractivity contribution in [2.45, 2.75) is 69.9 Å². The van der Waals surface area contributed by atoms with Crippen molar-refractivity contribution in [2.75, 3.05) is 0 Å². The Morgan fingerprint density at radius 3 is 2.73 bits per heavy atom. The predicted octanol–water partition coefficient (Wildman–Crippen LogP) is 4.73. The highest BCUT2D eigenvalue weighted by Gasteiger charge is 2.37. The van der Waals surface area contributed by atoms with Crippen LogP contribution in [0.2, 0.25) is 0 Å². The molecular weight excluding hydrogens is 310 g/mol. The zero-order chi connectivity index (χ0) is 15.0. The largest absolute Gasteiger partial charge is 0.300 e. The second kappa shape index (κ2) is 6.02. The van der Waals surface area contributed by atoms with Crippen LogP contribution in [0.5, 0.6) is 0 Å². The second-order valence-corrected chi connectivity index (χ2v) is 8.73. The summed E-state index contributed by atoms with van der Waals surface area (Å²) in [6.07, 6.45) is 11.2. The molecule has 3 nitrogen and oxygen atoms in total. The van der Waals surface area contributed by atoms with Crippen LogP contribution >= 0.6 is 22.7 Å². The predicted molar refractivity (Wildman–Crippen MR) is 92.5 cm³/mol. The highest BCUT2D eigenvalue weighted by Crippen LogP contribution is 2.41. The van der Waals surface area contributed by atoms with E-state index in [1.54, 1.807) is 0 Å². The minimum Gasteiger partial charge on any atom is -0.300 e. The summed E-state index contributed by atoms with van der Waals surface area (Å²) < 4.78 is 0. The quantitative estimate of drug-likeness (QED) is 0.859. The number of hydrogen-bond acceptors (Lipinski definition) is 5. The maximum Gasteiger partial charge on any atom is 0.113 e. The molecule has 0 amide bonds. The molecule has 2 fully saturated rings. The summed E-state index contributed by atoms with van der Waals surface area (Å²) in [4.78, 5) is 10.8. The summed E-state index contributed by atoms with van der Waals surface area (Å²) >= 11 is 3.73. The van der Waals surface area contributed by atoms with Crippen molar-refractivity contribution in [3.05, 3.63) is 32.2 Å². The van der Waals surface area contributed by atoms with E-state index >= 15 is 0 Å². The summed E-state index contributed by atoms with van der Waals surface area (Å²) in [5, 5.41) is 8.67. The van der Waals surface area contributed by atoms with E-state index in [4.69, 9.17) is 4.98 Å². The first-order chi connectivity index (χ1) is 10.8. The fourth-order valence-corrected chi connectivity index (χ4v) is 5.58. The van der Waals surface area contributed by atoms with Crippen LogP contribution in [0, 0.1) is 6.92 Å². The Morgan fingerprint density at radius 2 is 2.09 bits per heavy atom. The van der Waals surface area contributed by atoms with Crippen molar-refractivity contribution >= 4 is 22.7 Å². The molecule has 0 saturated heterocycles. The molecule has 118 valence electrons. The van der Waals surface area contributed by atoms with Crippen molar-refractivity contribution in [1.29, 1.82) is 0 Å². The molecule has 0 bridgehead atoms. The third kappa shape index (κ3) is 2.74. The van der Waals surface area contributed by atoms with Crippen molar-refractivity contribution < 1.29 is 0 Å². The molecule has 2 heterocycles. The molecule has 0 aliphatic heterocycles. The standard InChI is InChI=1S/C17H23N3S2/c1-12-11-21-16(20-12)17(7-2-3-8-17)19-10-14-9-18-15(22-14)13-5-4-6-13/h9,11,13,19H,2-8,10H2,1H3. The van der Waals surface area contributed by atoms with E-state index in [-0.39, 0.29) is 5.54 Å². The van der Waals surface area contributed by atoms with Crippen LogP contribution in [0.1, 0.15) is 71.4 Å². The lowest BCUT2D eigenvalue weighted by molar-refractivity contribution is 0.338. The van der Waals surface area contributed by atoms with Gasteiger partial charge in [-0.25, -0.2) is 9.97 Å². The van der Waals surface area contributed by atoms with Crippen LogP contribution in [0.4, 0.5) is 0 Å². The smallest absolute Gasteiger partial charge is 0.113 e. The van der Waals surface area contributed by atoms with Crippen LogP contribution in [0.25, 0.3) is 0 Å². The molecular formula is C17H23N3S2. The van der Waals surface area contributed by atoms with E-state index in [1.165, 1.54) is 59.8 Å². The van der Waals surface area contributed by atoms with Gasteiger partial charge in [0.15, 0.2) is 0 Å². The number of thiazole rings is 2. The minimum absolute atomic E-state index is 0.111. The lowest BCUT2D eigenvalue weighted by Crippen LogP contribution is -2.39. The van der Waals surface area contributed by atoms with E-state index < -0.39 is 0 Å². The lowest BCUT2D eigenvalue weighted by atomic mass is 9.86. The molecule has 0 aromatic carbocycles. The first-order valence-corrected chi connectivity index (χ1v) is 10.1. The maximum absolute atomic E-state index is 4.78. The van der Waals surface area contributed by atoms with Gasteiger partial charge in [0.1, 0.15) is 5.01 Å². The van der Waals surface area contributed by atoms with Gasteiger partial charge in [-0.15, -0.1) is 22.7 Å². The van der Waals surface area contributed by atoms with Crippen LogP contribution in [-0.2, 0) is 12.1 Å². The van der Waals surface area contributed by atoms with Crippen molar-refractivity contribution in [2.24, 2.45) is 0 Å². The van der Waals surface area contributed by atoms with E-state index in [0.29, 0.717) is 0 Å². The highest BCUT2D eigenvalue weighted by atomic mass is 32.1. The van der Waals surface area contributed by atoms with Gasteiger partial charge in [0.2, 0.25) is 0 Å². The zero-order valence-corrected chi connectivity index (χ0v) is 14.7. The maximum atomic E-state index is 4.78. The molecule has 0 atom stereocenters. The third-order valence-electron chi connectivity index (χ3n) is 5.11. The van der Waals surface area contributed by atoms with E-state index in [1.807, 2.05) is 22.7 Å². The van der Waals surface area contributed by atoms with Gasteiger partial charge in [-0.3, -0.25) is 0 Å². The molecule has 2 aliphatic carbocycles. The van der Waals surface area contributed by atoms with Crippen LogP contribution in [-0.4, -0.2) is 9.97 Å². The molecule has 2 saturated carbocycles. The molecule has 5 heteroatoms. The fraction of sp³-hybridized carbons (Fsp3) is 0.647. The summed E-state index contributed by atoms with van der Waals surface area (Å²) in [5.74, 6) is 0.751. The normalized spacial score (nSPS) is 21.1. The molecule has 4 rings (SSSR count). The number of nitrogens with zero attached hydrogens (tertiary/aromatic N) is 2. The van der Waals surface area contributed by atoms with Crippen molar-refractivity contribution in [3.8, 4) is 0 Å². The first-order valence-electron chi connectivity index (χ1n) is 8.37. The lowest BCUT2D eigenvalue weighted by Gasteiger charge is -2.28. The Hall–Kier alpha value is -0.780. The first kappa shape index (κ1) is 14.8. The van der Waals surface area contributed by atoms with Crippen LogP contribution in [0.15, 0.2) is 11.6 Å². The Labute approximate surface area is 140 Å². The molecule has 2 aromatic heterocycles. The van der Waals surface area contributed by atoms with Gasteiger partial charge in [0.05, 0.1) is 10.5 Å². The Balaban J connectivity index is 1.47. The number of aromatic nitrogens is 2. The zero-order valence-electron chi connectivity index (χ0n) is 13.1. The molecule has 1 N–H and O–H groups in total. The molecule has 2 aromatic rings. The van der Waals surface area contributed by atoms with Gasteiger partial charge >= 0.3 is 0 Å². The number of nitrogens with one attached hydrogen (secondary N) is 1. The molecule has 0 unspecified atom stereocenters. The Morgan fingerprint density at radius 1 is 1.27 bits per heavy atom. The number of hydrogen-bond donors (Lipinski definition) is 1. The number of aryl methyl sites for hydroxylation is 1. The molecule has 0 spiro atoms. The second-order valence-electron chi connectivity index (χ2n) is 6.73. The third-order valence-corrected chi connectivity index (χ3v) is 7.44. The van der Waals surface area contributed by atoms with Gasteiger partial charge in [-0.2, -0.15) is 0 Å². The van der Waals surface area contributed by atoms with Crippen LogP contribution in [0.3, 0.4) is 0 Å².